The van der Waals surface area contributed by atoms with Gasteiger partial charge in [0, 0.05) is 18.0 Å². The fourth-order valence-corrected chi connectivity index (χ4v) is 3.11. The summed E-state index contributed by atoms with van der Waals surface area (Å²) in [5.74, 6) is 0.0441. The number of ether oxygens (including phenoxy) is 1. The van der Waals surface area contributed by atoms with Gasteiger partial charge in [0.05, 0.1) is 16.4 Å². The van der Waals surface area contributed by atoms with Crippen LogP contribution in [0.15, 0.2) is 24.3 Å². The molecule has 0 fully saturated rings. The van der Waals surface area contributed by atoms with Crippen LogP contribution in [0.2, 0.25) is 5.02 Å². The monoisotopic (exact) mass is 434 g/mol. The summed E-state index contributed by atoms with van der Waals surface area (Å²) in [5.41, 5.74) is 2.76. The number of benzene rings is 1. The minimum Gasteiger partial charge on any atom is -0.369 e. The first-order chi connectivity index (χ1) is 14.1. The molecule has 1 heterocycles. The Morgan fingerprint density at radius 1 is 1.10 bits per heavy atom. The standard InChI is InChI=1S/C22H31ClN4O3/c1-13(2)9-10-30-17(6)22(29)24-18-7-8-20(19(23)12-18)25-21(28)16(5)27-15(4)11-14(3)26-27/h7-8,11-13,16-17H,9-10H2,1-6H3,(H,24,29)(H,25,28). The van der Waals surface area contributed by atoms with E-state index in [4.69, 9.17) is 16.3 Å². The largest absolute Gasteiger partial charge is 0.369 e. The molecule has 0 aliphatic heterocycles. The van der Waals surface area contributed by atoms with Gasteiger partial charge in [-0.3, -0.25) is 14.3 Å². The summed E-state index contributed by atoms with van der Waals surface area (Å²) in [6.45, 7) is 12.0. The number of amides is 2. The smallest absolute Gasteiger partial charge is 0.253 e. The molecular formula is C22H31ClN4O3. The normalized spacial score (nSPS) is 13.2. The Morgan fingerprint density at radius 3 is 2.37 bits per heavy atom. The Hall–Kier alpha value is -2.38. The third-order valence-electron chi connectivity index (χ3n) is 4.72. The van der Waals surface area contributed by atoms with E-state index in [9.17, 15) is 9.59 Å². The number of halogens is 1. The topological polar surface area (TPSA) is 85.2 Å². The summed E-state index contributed by atoms with van der Waals surface area (Å²) in [4.78, 5) is 24.9. The van der Waals surface area contributed by atoms with Gasteiger partial charge in [-0.15, -0.1) is 0 Å². The second-order valence-electron chi connectivity index (χ2n) is 7.92. The number of anilines is 2. The fourth-order valence-electron chi connectivity index (χ4n) is 2.88. The lowest BCUT2D eigenvalue weighted by molar-refractivity contribution is -0.126. The van der Waals surface area contributed by atoms with Crippen molar-refractivity contribution in [2.45, 2.75) is 60.1 Å². The van der Waals surface area contributed by atoms with Gasteiger partial charge in [-0.25, -0.2) is 0 Å². The lowest BCUT2D eigenvalue weighted by atomic mass is 10.1. The Bertz CT molecular complexity index is 895. The molecule has 0 radical (unpaired) electrons. The van der Waals surface area contributed by atoms with Crippen LogP contribution in [0.4, 0.5) is 11.4 Å². The molecule has 0 saturated heterocycles. The maximum absolute atomic E-state index is 12.6. The highest BCUT2D eigenvalue weighted by Gasteiger charge is 2.19. The van der Waals surface area contributed by atoms with E-state index in [0.717, 1.165) is 17.8 Å². The molecule has 30 heavy (non-hydrogen) atoms. The van der Waals surface area contributed by atoms with Gasteiger partial charge < -0.3 is 15.4 Å². The van der Waals surface area contributed by atoms with Crippen molar-refractivity contribution in [2.24, 2.45) is 5.92 Å². The van der Waals surface area contributed by atoms with E-state index in [0.29, 0.717) is 28.9 Å². The van der Waals surface area contributed by atoms with Crippen molar-refractivity contribution in [1.29, 1.82) is 0 Å². The van der Waals surface area contributed by atoms with Crippen molar-refractivity contribution in [3.05, 3.63) is 40.7 Å². The molecule has 7 nitrogen and oxygen atoms in total. The summed E-state index contributed by atoms with van der Waals surface area (Å²) >= 11 is 6.32. The molecule has 2 atom stereocenters. The SMILES string of the molecule is Cc1cc(C)n(C(C)C(=O)Nc2ccc(NC(=O)C(C)OCCC(C)C)cc2Cl)n1. The lowest BCUT2D eigenvalue weighted by Gasteiger charge is -2.17. The summed E-state index contributed by atoms with van der Waals surface area (Å²) < 4.78 is 7.24. The number of rotatable bonds is 9. The summed E-state index contributed by atoms with van der Waals surface area (Å²) in [6.07, 6.45) is 0.331. The predicted octanol–water partition coefficient (Wildman–Crippen LogP) is 4.74. The molecule has 2 N–H and O–H groups in total. The molecule has 0 saturated carbocycles. The summed E-state index contributed by atoms with van der Waals surface area (Å²) in [7, 11) is 0. The third kappa shape index (κ3) is 6.57. The van der Waals surface area contributed by atoms with E-state index in [-0.39, 0.29) is 11.8 Å². The van der Waals surface area contributed by atoms with Crippen LogP contribution in [-0.4, -0.2) is 34.3 Å². The predicted molar refractivity (Wildman–Crippen MR) is 120 cm³/mol. The van der Waals surface area contributed by atoms with Gasteiger partial charge in [0.25, 0.3) is 5.91 Å². The number of aryl methyl sites for hydroxylation is 2. The van der Waals surface area contributed by atoms with Crippen LogP contribution < -0.4 is 10.6 Å². The van der Waals surface area contributed by atoms with Gasteiger partial charge in [-0.2, -0.15) is 5.10 Å². The second kappa shape index (κ2) is 10.6. The quantitative estimate of drug-likeness (QED) is 0.596. The van der Waals surface area contributed by atoms with Crippen LogP contribution in [0.5, 0.6) is 0 Å². The minimum atomic E-state index is -0.566. The number of carbonyl (C=O) groups excluding carboxylic acids is 2. The number of hydrogen-bond acceptors (Lipinski definition) is 4. The highest BCUT2D eigenvalue weighted by Crippen LogP contribution is 2.26. The van der Waals surface area contributed by atoms with Crippen LogP contribution >= 0.6 is 11.6 Å². The van der Waals surface area contributed by atoms with Crippen molar-refractivity contribution in [2.75, 3.05) is 17.2 Å². The molecule has 0 spiro atoms. The van der Waals surface area contributed by atoms with Crippen LogP contribution in [-0.2, 0) is 14.3 Å². The average molecular weight is 435 g/mol. The Kier molecular flexibility index (Phi) is 8.43. The molecule has 2 unspecified atom stereocenters. The molecule has 8 heteroatoms. The van der Waals surface area contributed by atoms with Gasteiger partial charge in [-0.05, 0) is 64.3 Å². The van der Waals surface area contributed by atoms with Gasteiger partial charge in [0.2, 0.25) is 5.91 Å². The zero-order chi connectivity index (χ0) is 22.4. The van der Waals surface area contributed by atoms with Crippen molar-refractivity contribution >= 4 is 34.8 Å². The van der Waals surface area contributed by atoms with Crippen LogP contribution in [0.25, 0.3) is 0 Å². The number of nitrogens with zero attached hydrogens (tertiary/aromatic N) is 2. The first-order valence-electron chi connectivity index (χ1n) is 10.1. The third-order valence-corrected chi connectivity index (χ3v) is 5.03. The number of aromatic nitrogens is 2. The van der Waals surface area contributed by atoms with E-state index in [1.165, 1.54) is 0 Å². The zero-order valence-corrected chi connectivity index (χ0v) is 19.2. The maximum atomic E-state index is 12.6. The molecule has 2 amide bonds. The van der Waals surface area contributed by atoms with E-state index in [2.05, 4.69) is 29.6 Å². The van der Waals surface area contributed by atoms with Crippen molar-refractivity contribution < 1.29 is 14.3 Å². The van der Waals surface area contributed by atoms with Crippen LogP contribution in [0, 0.1) is 19.8 Å². The van der Waals surface area contributed by atoms with Crippen molar-refractivity contribution in [3.8, 4) is 0 Å². The highest BCUT2D eigenvalue weighted by molar-refractivity contribution is 6.34. The number of carbonyl (C=O) groups is 2. The van der Waals surface area contributed by atoms with Crippen LogP contribution in [0.3, 0.4) is 0 Å². The van der Waals surface area contributed by atoms with Crippen LogP contribution in [0.1, 0.15) is 51.5 Å². The molecule has 164 valence electrons. The number of nitrogens with one attached hydrogen (secondary N) is 2. The van der Waals surface area contributed by atoms with Crippen molar-refractivity contribution in [3.63, 3.8) is 0 Å². The van der Waals surface area contributed by atoms with Gasteiger partial charge in [-0.1, -0.05) is 25.4 Å². The number of hydrogen-bond donors (Lipinski definition) is 2. The first-order valence-corrected chi connectivity index (χ1v) is 10.5. The van der Waals surface area contributed by atoms with E-state index < -0.39 is 12.1 Å². The zero-order valence-electron chi connectivity index (χ0n) is 18.5. The molecular weight excluding hydrogens is 404 g/mol. The Labute approximate surface area is 183 Å². The molecule has 0 aliphatic rings. The maximum Gasteiger partial charge on any atom is 0.253 e. The highest BCUT2D eigenvalue weighted by atomic mass is 35.5. The Morgan fingerprint density at radius 2 is 1.80 bits per heavy atom. The van der Waals surface area contributed by atoms with E-state index in [1.807, 2.05) is 19.9 Å². The molecule has 1 aromatic carbocycles. The molecule has 0 bridgehead atoms. The minimum absolute atomic E-state index is 0.230. The first kappa shape index (κ1) is 23.9. The molecule has 2 rings (SSSR count). The average Bonchev–Trinajstić information content (AvgIpc) is 3.00. The van der Waals surface area contributed by atoms with Gasteiger partial charge in [0.1, 0.15) is 12.1 Å². The fraction of sp³-hybridized carbons (Fsp3) is 0.500. The van der Waals surface area contributed by atoms with E-state index >= 15 is 0 Å². The molecule has 1 aromatic heterocycles. The molecule has 0 aliphatic carbocycles. The van der Waals surface area contributed by atoms with E-state index in [1.54, 1.807) is 36.7 Å². The summed E-state index contributed by atoms with van der Waals surface area (Å²) in [5, 5.41) is 10.3. The molecule has 2 aromatic rings. The lowest BCUT2D eigenvalue weighted by Crippen LogP contribution is -2.28. The van der Waals surface area contributed by atoms with Gasteiger partial charge in [0.15, 0.2) is 0 Å². The van der Waals surface area contributed by atoms with Crippen molar-refractivity contribution in [1.82, 2.24) is 9.78 Å². The van der Waals surface area contributed by atoms with Gasteiger partial charge >= 0.3 is 0 Å². The Balaban J connectivity index is 1.97. The summed E-state index contributed by atoms with van der Waals surface area (Å²) in [6, 6.07) is 6.38. The second-order valence-corrected chi connectivity index (χ2v) is 8.32.